The molecule has 1 aromatic carbocycles. The molecular formula is C15H19ClN2O. The fourth-order valence-corrected chi connectivity index (χ4v) is 2.56. The standard InChI is InChI=1S/C15H19ClN2O/c1-3-12-9-13(18(2)17-12)8-11(10-19)14-6-4-5-7-15(14)16/h4-7,9,11,19H,3,8,10H2,1-2H3. The fraction of sp³-hybridized carbons (Fsp3) is 0.400. The number of nitrogens with zero attached hydrogens (tertiary/aromatic N) is 2. The number of hydrogen-bond donors (Lipinski definition) is 1. The van der Waals surface area contributed by atoms with Crippen LogP contribution in [0.15, 0.2) is 30.3 Å². The van der Waals surface area contributed by atoms with E-state index in [0.717, 1.165) is 29.8 Å². The lowest BCUT2D eigenvalue weighted by atomic mass is 9.95. The molecule has 1 aromatic heterocycles. The maximum absolute atomic E-state index is 9.63. The van der Waals surface area contributed by atoms with E-state index in [-0.39, 0.29) is 12.5 Å². The third kappa shape index (κ3) is 3.17. The number of benzene rings is 1. The van der Waals surface area contributed by atoms with Crippen molar-refractivity contribution in [2.75, 3.05) is 6.61 Å². The highest BCUT2D eigenvalue weighted by atomic mass is 35.5. The summed E-state index contributed by atoms with van der Waals surface area (Å²) in [5.74, 6) is 0.00815. The van der Waals surface area contributed by atoms with Crippen LogP contribution in [-0.4, -0.2) is 21.5 Å². The van der Waals surface area contributed by atoms with Gasteiger partial charge in [0.25, 0.3) is 0 Å². The van der Waals surface area contributed by atoms with Gasteiger partial charge in [0.1, 0.15) is 0 Å². The largest absolute Gasteiger partial charge is 0.396 e. The van der Waals surface area contributed by atoms with Crippen LogP contribution >= 0.6 is 11.6 Å². The molecule has 0 saturated heterocycles. The highest BCUT2D eigenvalue weighted by molar-refractivity contribution is 6.31. The van der Waals surface area contributed by atoms with Crippen LogP contribution in [0.2, 0.25) is 5.02 Å². The molecule has 0 amide bonds. The van der Waals surface area contributed by atoms with Crippen LogP contribution < -0.4 is 0 Å². The number of aliphatic hydroxyl groups is 1. The lowest BCUT2D eigenvalue weighted by Crippen LogP contribution is -2.11. The maximum atomic E-state index is 9.63. The first-order chi connectivity index (χ1) is 9.15. The summed E-state index contributed by atoms with van der Waals surface area (Å²) in [6, 6.07) is 9.78. The van der Waals surface area contributed by atoms with Crippen molar-refractivity contribution in [3.63, 3.8) is 0 Å². The molecule has 0 aliphatic carbocycles. The molecule has 0 radical (unpaired) electrons. The van der Waals surface area contributed by atoms with E-state index in [1.807, 2.05) is 36.0 Å². The molecule has 0 fully saturated rings. The Bertz CT molecular complexity index is 551. The molecule has 0 bridgehead atoms. The molecule has 2 rings (SSSR count). The molecule has 2 aromatic rings. The maximum Gasteiger partial charge on any atom is 0.0624 e. The van der Waals surface area contributed by atoms with Crippen molar-refractivity contribution in [3.05, 3.63) is 52.3 Å². The van der Waals surface area contributed by atoms with E-state index in [1.165, 1.54) is 0 Å². The van der Waals surface area contributed by atoms with Gasteiger partial charge in [0.05, 0.1) is 12.3 Å². The van der Waals surface area contributed by atoms with Crippen molar-refractivity contribution in [3.8, 4) is 0 Å². The minimum atomic E-state index is 0.00815. The van der Waals surface area contributed by atoms with Crippen LogP contribution in [0.3, 0.4) is 0 Å². The van der Waals surface area contributed by atoms with Gasteiger partial charge in [-0.05, 0) is 30.5 Å². The van der Waals surface area contributed by atoms with Gasteiger partial charge in [-0.2, -0.15) is 5.10 Å². The molecule has 1 atom stereocenters. The van der Waals surface area contributed by atoms with E-state index in [9.17, 15) is 5.11 Å². The zero-order chi connectivity index (χ0) is 13.8. The molecular weight excluding hydrogens is 260 g/mol. The van der Waals surface area contributed by atoms with Crippen LogP contribution in [0.5, 0.6) is 0 Å². The van der Waals surface area contributed by atoms with Gasteiger partial charge >= 0.3 is 0 Å². The Morgan fingerprint density at radius 3 is 2.68 bits per heavy atom. The lowest BCUT2D eigenvalue weighted by Gasteiger charge is -2.16. The van der Waals surface area contributed by atoms with Crippen LogP contribution in [-0.2, 0) is 19.9 Å². The van der Waals surface area contributed by atoms with E-state index in [4.69, 9.17) is 11.6 Å². The summed E-state index contributed by atoms with van der Waals surface area (Å²) in [6.45, 7) is 2.17. The summed E-state index contributed by atoms with van der Waals surface area (Å²) in [5, 5.41) is 14.8. The topological polar surface area (TPSA) is 38.0 Å². The molecule has 0 saturated carbocycles. The van der Waals surface area contributed by atoms with Crippen LogP contribution in [0.4, 0.5) is 0 Å². The summed E-state index contributed by atoms with van der Waals surface area (Å²) in [5.41, 5.74) is 3.19. The predicted molar refractivity (Wildman–Crippen MR) is 77.6 cm³/mol. The summed E-state index contributed by atoms with van der Waals surface area (Å²) in [7, 11) is 1.94. The monoisotopic (exact) mass is 278 g/mol. The molecule has 1 N–H and O–H groups in total. The number of rotatable bonds is 5. The van der Waals surface area contributed by atoms with Crippen molar-refractivity contribution in [1.82, 2.24) is 9.78 Å². The molecule has 3 nitrogen and oxygen atoms in total. The Morgan fingerprint density at radius 2 is 2.11 bits per heavy atom. The molecule has 0 aliphatic rings. The Labute approximate surface area is 118 Å². The number of hydrogen-bond acceptors (Lipinski definition) is 2. The average molecular weight is 279 g/mol. The van der Waals surface area contributed by atoms with Crippen molar-refractivity contribution in [1.29, 1.82) is 0 Å². The smallest absolute Gasteiger partial charge is 0.0624 e. The minimum Gasteiger partial charge on any atom is -0.396 e. The van der Waals surface area contributed by atoms with Gasteiger partial charge in [-0.3, -0.25) is 4.68 Å². The van der Waals surface area contributed by atoms with Crippen LogP contribution in [0.25, 0.3) is 0 Å². The Morgan fingerprint density at radius 1 is 1.37 bits per heavy atom. The van der Waals surface area contributed by atoms with Crippen molar-refractivity contribution >= 4 is 11.6 Å². The first-order valence-corrected chi connectivity index (χ1v) is 6.90. The number of aliphatic hydroxyl groups excluding tert-OH is 1. The lowest BCUT2D eigenvalue weighted by molar-refractivity contribution is 0.263. The molecule has 1 heterocycles. The van der Waals surface area contributed by atoms with Gasteiger partial charge in [0, 0.05) is 23.7 Å². The highest BCUT2D eigenvalue weighted by Crippen LogP contribution is 2.27. The molecule has 4 heteroatoms. The first-order valence-electron chi connectivity index (χ1n) is 6.52. The minimum absolute atomic E-state index is 0.00815. The van der Waals surface area contributed by atoms with Crippen molar-refractivity contribution in [2.45, 2.75) is 25.7 Å². The normalized spacial score (nSPS) is 12.6. The zero-order valence-electron chi connectivity index (χ0n) is 11.3. The second-order valence-electron chi connectivity index (χ2n) is 4.71. The van der Waals surface area contributed by atoms with Gasteiger partial charge in [-0.15, -0.1) is 0 Å². The summed E-state index contributed by atoms with van der Waals surface area (Å²) in [6.07, 6.45) is 1.66. The summed E-state index contributed by atoms with van der Waals surface area (Å²) in [4.78, 5) is 0. The van der Waals surface area contributed by atoms with E-state index < -0.39 is 0 Å². The quantitative estimate of drug-likeness (QED) is 0.913. The number of aryl methyl sites for hydroxylation is 2. The third-order valence-electron chi connectivity index (χ3n) is 3.41. The van der Waals surface area contributed by atoms with Gasteiger partial charge in [0.15, 0.2) is 0 Å². The molecule has 19 heavy (non-hydrogen) atoms. The van der Waals surface area contributed by atoms with E-state index in [1.54, 1.807) is 0 Å². The fourth-order valence-electron chi connectivity index (χ4n) is 2.27. The third-order valence-corrected chi connectivity index (χ3v) is 3.75. The number of aromatic nitrogens is 2. The van der Waals surface area contributed by atoms with E-state index in [2.05, 4.69) is 18.1 Å². The number of halogens is 1. The summed E-state index contributed by atoms with van der Waals surface area (Å²) < 4.78 is 1.89. The zero-order valence-corrected chi connectivity index (χ0v) is 12.1. The van der Waals surface area contributed by atoms with Crippen molar-refractivity contribution in [2.24, 2.45) is 7.05 Å². The second-order valence-corrected chi connectivity index (χ2v) is 5.12. The highest BCUT2D eigenvalue weighted by Gasteiger charge is 2.16. The molecule has 0 spiro atoms. The first kappa shape index (κ1) is 14.1. The van der Waals surface area contributed by atoms with Crippen LogP contribution in [0, 0.1) is 0 Å². The summed E-state index contributed by atoms with van der Waals surface area (Å²) >= 11 is 6.20. The molecule has 0 aliphatic heterocycles. The van der Waals surface area contributed by atoms with Crippen LogP contribution in [0.1, 0.15) is 29.8 Å². The van der Waals surface area contributed by atoms with E-state index >= 15 is 0 Å². The van der Waals surface area contributed by atoms with Gasteiger partial charge in [-0.25, -0.2) is 0 Å². The van der Waals surface area contributed by atoms with Gasteiger partial charge in [0.2, 0.25) is 0 Å². The van der Waals surface area contributed by atoms with Gasteiger partial charge in [-0.1, -0.05) is 36.7 Å². The van der Waals surface area contributed by atoms with Gasteiger partial charge < -0.3 is 5.11 Å². The average Bonchev–Trinajstić information content (AvgIpc) is 2.77. The Hall–Kier alpha value is -1.32. The molecule has 102 valence electrons. The second kappa shape index (κ2) is 6.22. The SMILES string of the molecule is CCc1cc(CC(CO)c2ccccc2Cl)n(C)n1. The van der Waals surface area contributed by atoms with Crippen molar-refractivity contribution < 1.29 is 5.11 Å². The molecule has 1 unspecified atom stereocenters. The predicted octanol–water partition coefficient (Wildman–Crippen LogP) is 2.95. The Balaban J connectivity index is 2.24. The van der Waals surface area contributed by atoms with E-state index in [0.29, 0.717) is 5.02 Å². The Kier molecular flexibility index (Phi) is 4.61.